The van der Waals surface area contributed by atoms with Gasteiger partial charge in [-0.05, 0) is 12.1 Å². The number of hydrogen-bond acceptors (Lipinski definition) is 6. The second kappa shape index (κ2) is 8.31. The summed E-state index contributed by atoms with van der Waals surface area (Å²) in [5.74, 6) is 0.869. The number of rotatable bonds is 4. The summed E-state index contributed by atoms with van der Waals surface area (Å²) < 4.78 is 15.8. The molecule has 0 saturated heterocycles. The lowest BCUT2D eigenvalue weighted by Crippen LogP contribution is -2.11. The van der Waals surface area contributed by atoms with E-state index in [1.165, 1.54) is 7.11 Å². The fraction of sp³-hybridized carbons (Fsp3) is 0.471. The fourth-order valence-electron chi connectivity index (χ4n) is 1.63. The first kappa shape index (κ1) is 18.7. The molecule has 126 valence electrons. The van der Waals surface area contributed by atoms with E-state index in [0.29, 0.717) is 23.1 Å². The van der Waals surface area contributed by atoms with Crippen LogP contribution < -0.4 is 4.74 Å². The molecule has 0 aliphatic carbocycles. The van der Waals surface area contributed by atoms with Crippen molar-refractivity contribution >= 4 is 5.97 Å². The lowest BCUT2D eigenvalue weighted by atomic mass is 9.97. The Morgan fingerprint density at radius 3 is 2.39 bits per heavy atom. The molecule has 6 nitrogen and oxygen atoms in total. The summed E-state index contributed by atoms with van der Waals surface area (Å²) in [4.78, 5) is 11.6. The predicted molar refractivity (Wildman–Crippen MR) is 86.5 cm³/mol. The molecule has 0 atom stereocenters. The topological polar surface area (TPSA) is 74.5 Å². The highest BCUT2D eigenvalue weighted by atomic mass is 16.5. The summed E-state index contributed by atoms with van der Waals surface area (Å²) in [6.07, 6.45) is 0. The van der Waals surface area contributed by atoms with E-state index in [1.807, 2.05) is 34.6 Å². The molecule has 0 saturated carbocycles. The van der Waals surface area contributed by atoms with Gasteiger partial charge in [0.05, 0.1) is 7.11 Å². The maximum absolute atomic E-state index is 11.6. The Morgan fingerprint density at radius 2 is 1.83 bits per heavy atom. The van der Waals surface area contributed by atoms with Crippen LogP contribution in [0.2, 0.25) is 0 Å². The van der Waals surface area contributed by atoms with E-state index in [9.17, 15) is 4.79 Å². The average molecular weight is 320 g/mol. The first-order valence-electron chi connectivity index (χ1n) is 7.55. The zero-order chi connectivity index (χ0) is 17.5. The molecule has 0 unspecified atom stereocenters. The minimum atomic E-state index is -0.452. The number of nitrogens with zero attached hydrogens (tertiary/aromatic N) is 2. The predicted octanol–water partition coefficient (Wildman–Crippen LogP) is 3.76. The van der Waals surface area contributed by atoms with Gasteiger partial charge in [-0.2, -0.15) is 0 Å². The summed E-state index contributed by atoms with van der Waals surface area (Å²) in [6.45, 7) is 10.0. The van der Waals surface area contributed by atoms with Crippen LogP contribution in [0.1, 0.15) is 56.8 Å². The summed E-state index contributed by atoms with van der Waals surface area (Å²) in [7, 11) is 1.33. The van der Waals surface area contributed by atoms with E-state index in [2.05, 4.69) is 10.2 Å². The van der Waals surface area contributed by atoms with Gasteiger partial charge in [0.1, 0.15) is 11.3 Å². The van der Waals surface area contributed by atoms with Crippen LogP contribution in [0.15, 0.2) is 28.7 Å². The Morgan fingerprint density at radius 1 is 1.17 bits per heavy atom. The number of ether oxygens (including phenoxy) is 2. The third-order valence-corrected chi connectivity index (χ3v) is 2.75. The van der Waals surface area contributed by atoms with Gasteiger partial charge in [0.2, 0.25) is 5.89 Å². The zero-order valence-electron chi connectivity index (χ0n) is 14.5. The van der Waals surface area contributed by atoms with Gasteiger partial charge in [-0.15, -0.1) is 10.2 Å². The molecule has 0 spiro atoms. The van der Waals surface area contributed by atoms with Crippen molar-refractivity contribution in [3.8, 4) is 5.75 Å². The first-order chi connectivity index (χ1) is 10.9. The lowest BCUT2D eigenvalue weighted by Gasteiger charge is -2.11. The molecule has 1 aromatic carbocycles. The smallest absolute Gasteiger partial charge is 0.341 e. The Kier molecular flexibility index (Phi) is 6.75. The molecule has 0 bridgehead atoms. The van der Waals surface area contributed by atoms with Gasteiger partial charge in [-0.25, -0.2) is 4.79 Å². The van der Waals surface area contributed by atoms with Crippen LogP contribution in [0.5, 0.6) is 5.75 Å². The summed E-state index contributed by atoms with van der Waals surface area (Å²) in [5.41, 5.74) is 0.144. The van der Waals surface area contributed by atoms with Crippen LogP contribution in [0.25, 0.3) is 0 Å². The van der Waals surface area contributed by atoms with Crippen LogP contribution >= 0.6 is 0 Å². The number of hydrogen-bond donors (Lipinski definition) is 0. The number of aromatic nitrogens is 2. The van der Waals surface area contributed by atoms with Crippen molar-refractivity contribution in [3.05, 3.63) is 41.6 Å². The molecule has 1 heterocycles. The minimum absolute atomic E-state index is 0.0943. The highest BCUT2D eigenvalue weighted by Crippen LogP contribution is 2.22. The van der Waals surface area contributed by atoms with E-state index in [-0.39, 0.29) is 12.0 Å². The number of carbonyl (C=O) groups excluding carboxylic acids is 1. The maximum Gasteiger partial charge on any atom is 0.341 e. The molecule has 0 aliphatic heterocycles. The van der Waals surface area contributed by atoms with Gasteiger partial charge in [0.15, 0.2) is 6.61 Å². The third-order valence-electron chi connectivity index (χ3n) is 2.75. The summed E-state index contributed by atoms with van der Waals surface area (Å²) >= 11 is 0. The van der Waals surface area contributed by atoms with Crippen molar-refractivity contribution in [2.75, 3.05) is 7.11 Å². The van der Waals surface area contributed by atoms with Crippen molar-refractivity contribution in [1.82, 2.24) is 10.2 Å². The molecule has 0 N–H and O–H groups in total. The Hall–Kier alpha value is -2.37. The number of esters is 1. The van der Waals surface area contributed by atoms with Crippen LogP contribution in [0.4, 0.5) is 0 Å². The van der Waals surface area contributed by atoms with E-state index in [0.717, 1.165) is 0 Å². The summed E-state index contributed by atoms with van der Waals surface area (Å²) in [5, 5.41) is 7.92. The van der Waals surface area contributed by atoms with Crippen LogP contribution in [0.3, 0.4) is 0 Å². The van der Waals surface area contributed by atoms with Crippen LogP contribution in [0, 0.1) is 0 Å². The Balaban J connectivity index is 0.00000127. The number of carbonyl (C=O) groups is 1. The number of benzene rings is 1. The molecule has 0 fully saturated rings. The fourth-order valence-corrected chi connectivity index (χ4v) is 1.63. The van der Waals surface area contributed by atoms with Gasteiger partial charge in [0.25, 0.3) is 5.89 Å². The maximum atomic E-state index is 11.6. The van der Waals surface area contributed by atoms with E-state index < -0.39 is 5.97 Å². The third kappa shape index (κ3) is 5.09. The molecule has 6 heteroatoms. The normalized spacial score (nSPS) is 10.5. The molecular formula is C17H24N2O4. The molecule has 23 heavy (non-hydrogen) atoms. The number of para-hydroxylation sites is 1. The highest BCUT2D eigenvalue weighted by molar-refractivity contribution is 5.92. The van der Waals surface area contributed by atoms with Gasteiger partial charge in [-0.3, -0.25) is 0 Å². The van der Waals surface area contributed by atoms with E-state index >= 15 is 0 Å². The SMILES string of the molecule is CC.COC(=O)c1ccccc1OCc1nnc(C(C)(C)C)o1. The molecular weight excluding hydrogens is 296 g/mol. The Bertz CT molecular complexity index is 630. The van der Waals surface area contributed by atoms with Crippen LogP contribution in [-0.4, -0.2) is 23.3 Å². The summed E-state index contributed by atoms with van der Waals surface area (Å²) in [6, 6.07) is 6.84. The van der Waals surface area contributed by atoms with Crippen molar-refractivity contribution in [3.63, 3.8) is 0 Å². The highest BCUT2D eigenvalue weighted by Gasteiger charge is 2.21. The second-order valence-corrected chi connectivity index (χ2v) is 5.53. The van der Waals surface area contributed by atoms with Crippen LogP contribution in [-0.2, 0) is 16.8 Å². The molecule has 0 radical (unpaired) electrons. The molecule has 0 amide bonds. The standard InChI is InChI=1S/C15H18N2O4.C2H6/c1-15(2,3)14-17-16-12(21-14)9-20-11-8-6-5-7-10(11)13(18)19-4;1-2/h5-8H,9H2,1-4H3;1-2H3. The molecule has 0 aliphatic rings. The first-order valence-corrected chi connectivity index (χ1v) is 7.55. The van der Waals surface area contributed by atoms with Gasteiger partial charge in [0, 0.05) is 5.41 Å². The minimum Gasteiger partial charge on any atom is -0.483 e. The van der Waals surface area contributed by atoms with Crippen molar-refractivity contribution in [2.45, 2.75) is 46.6 Å². The van der Waals surface area contributed by atoms with E-state index in [1.54, 1.807) is 24.3 Å². The average Bonchev–Trinajstić information content (AvgIpc) is 3.03. The quantitative estimate of drug-likeness (QED) is 0.799. The largest absolute Gasteiger partial charge is 0.483 e. The number of methoxy groups -OCH3 is 1. The van der Waals surface area contributed by atoms with E-state index in [4.69, 9.17) is 13.9 Å². The monoisotopic (exact) mass is 320 g/mol. The Labute approximate surface area is 136 Å². The van der Waals surface area contributed by atoms with Gasteiger partial charge >= 0.3 is 5.97 Å². The zero-order valence-corrected chi connectivity index (χ0v) is 14.5. The molecule has 2 rings (SSSR count). The van der Waals surface area contributed by atoms with Crippen molar-refractivity contribution in [1.29, 1.82) is 0 Å². The van der Waals surface area contributed by atoms with Crippen molar-refractivity contribution in [2.24, 2.45) is 0 Å². The lowest BCUT2D eigenvalue weighted by molar-refractivity contribution is 0.0595. The molecule has 2 aromatic rings. The van der Waals surface area contributed by atoms with Crippen molar-refractivity contribution < 1.29 is 18.7 Å². The van der Waals surface area contributed by atoms with Gasteiger partial charge < -0.3 is 13.9 Å². The second-order valence-electron chi connectivity index (χ2n) is 5.53. The molecule has 1 aromatic heterocycles. The van der Waals surface area contributed by atoms with Gasteiger partial charge in [-0.1, -0.05) is 46.8 Å².